The number of ether oxygens (including phenoxy) is 1. The monoisotopic (exact) mass is 334 g/mol. The first-order valence-corrected chi connectivity index (χ1v) is 7.90. The highest BCUT2D eigenvalue weighted by Gasteiger charge is 2.06. The lowest BCUT2D eigenvalue weighted by atomic mass is 10.3. The van der Waals surface area contributed by atoms with E-state index in [0.717, 1.165) is 11.3 Å². The number of rotatable bonds is 5. The van der Waals surface area contributed by atoms with Gasteiger partial charge in [0.2, 0.25) is 5.91 Å². The standard InChI is InChI=1S/C20H18N2O3/c1-15-10-11-22(20(24)12-15)14-19(23)21-16-6-5-9-18(13-16)25-17-7-3-2-4-8-17/h2-13H,14H2,1H3,(H,21,23). The summed E-state index contributed by atoms with van der Waals surface area (Å²) in [4.78, 5) is 24.0. The van der Waals surface area contributed by atoms with Gasteiger partial charge in [-0.3, -0.25) is 9.59 Å². The molecule has 126 valence electrons. The van der Waals surface area contributed by atoms with Crippen molar-refractivity contribution in [2.24, 2.45) is 0 Å². The van der Waals surface area contributed by atoms with Gasteiger partial charge in [-0.25, -0.2) is 0 Å². The molecule has 3 rings (SSSR count). The molecule has 0 bridgehead atoms. The summed E-state index contributed by atoms with van der Waals surface area (Å²) in [6.45, 7) is 1.80. The fourth-order valence-electron chi connectivity index (χ4n) is 2.35. The second kappa shape index (κ2) is 7.49. The first kappa shape index (κ1) is 16.5. The Morgan fingerprint density at radius 1 is 1.00 bits per heavy atom. The van der Waals surface area contributed by atoms with Crippen LogP contribution in [0, 0.1) is 6.92 Å². The van der Waals surface area contributed by atoms with Crippen molar-refractivity contribution >= 4 is 11.6 Å². The van der Waals surface area contributed by atoms with Gasteiger partial charge < -0.3 is 14.6 Å². The maximum atomic E-state index is 12.2. The lowest BCUT2D eigenvalue weighted by Gasteiger charge is -2.10. The van der Waals surface area contributed by atoms with Gasteiger partial charge in [-0.05, 0) is 42.8 Å². The van der Waals surface area contributed by atoms with Gasteiger partial charge in [0.15, 0.2) is 0 Å². The molecule has 0 atom stereocenters. The SMILES string of the molecule is Cc1ccn(CC(=O)Nc2cccc(Oc3ccccc3)c2)c(=O)c1. The summed E-state index contributed by atoms with van der Waals surface area (Å²) in [5.74, 6) is 1.07. The van der Waals surface area contributed by atoms with Gasteiger partial charge in [0.1, 0.15) is 18.0 Å². The molecular formula is C20H18N2O3. The van der Waals surface area contributed by atoms with Crippen LogP contribution in [0.25, 0.3) is 0 Å². The molecular weight excluding hydrogens is 316 g/mol. The van der Waals surface area contributed by atoms with Gasteiger partial charge in [-0.2, -0.15) is 0 Å². The van der Waals surface area contributed by atoms with Crippen molar-refractivity contribution in [2.75, 3.05) is 5.32 Å². The first-order valence-electron chi connectivity index (χ1n) is 7.90. The van der Waals surface area contributed by atoms with E-state index in [2.05, 4.69) is 5.32 Å². The Morgan fingerprint density at radius 3 is 2.52 bits per heavy atom. The van der Waals surface area contributed by atoms with Gasteiger partial charge >= 0.3 is 0 Å². The molecule has 0 spiro atoms. The minimum absolute atomic E-state index is 0.0388. The van der Waals surface area contributed by atoms with Crippen molar-refractivity contribution in [2.45, 2.75) is 13.5 Å². The lowest BCUT2D eigenvalue weighted by Crippen LogP contribution is -2.26. The smallest absolute Gasteiger partial charge is 0.251 e. The Kier molecular flexibility index (Phi) is 4.95. The number of carbonyl (C=O) groups is 1. The molecule has 1 aromatic heterocycles. The van der Waals surface area contributed by atoms with E-state index in [0.29, 0.717) is 11.4 Å². The molecule has 0 aliphatic rings. The first-order chi connectivity index (χ1) is 12.1. The number of pyridine rings is 1. The van der Waals surface area contributed by atoms with Crippen LogP contribution in [0.1, 0.15) is 5.56 Å². The summed E-state index contributed by atoms with van der Waals surface area (Å²) in [6.07, 6.45) is 1.62. The van der Waals surface area contributed by atoms with E-state index in [1.54, 1.807) is 30.5 Å². The summed E-state index contributed by atoms with van der Waals surface area (Å²) < 4.78 is 7.11. The highest BCUT2D eigenvalue weighted by Crippen LogP contribution is 2.23. The van der Waals surface area contributed by atoms with Crippen molar-refractivity contribution in [3.63, 3.8) is 0 Å². The number of anilines is 1. The third-order valence-electron chi connectivity index (χ3n) is 3.56. The Hall–Kier alpha value is -3.34. The van der Waals surface area contributed by atoms with E-state index < -0.39 is 0 Å². The molecule has 0 unspecified atom stereocenters. The van der Waals surface area contributed by atoms with Crippen LogP contribution in [-0.4, -0.2) is 10.5 Å². The molecule has 2 aromatic carbocycles. The van der Waals surface area contributed by atoms with Gasteiger partial charge in [-0.1, -0.05) is 24.3 Å². The zero-order valence-corrected chi connectivity index (χ0v) is 13.8. The topological polar surface area (TPSA) is 60.3 Å². The third-order valence-corrected chi connectivity index (χ3v) is 3.56. The molecule has 1 N–H and O–H groups in total. The number of nitrogens with zero attached hydrogens (tertiary/aromatic N) is 1. The van der Waals surface area contributed by atoms with Crippen LogP contribution in [0.5, 0.6) is 11.5 Å². The summed E-state index contributed by atoms with van der Waals surface area (Å²) in [5.41, 5.74) is 1.28. The second-order valence-corrected chi connectivity index (χ2v) is 5.66. The van der Waals surface area contributed by atoms with Gasteiger partial charge in [0.25, 0.3) is 5.56 Å². The normalized spacial score (nSPS) is 10.3. The molecule has 0 radical (unpaired) electrons. The van der Waals surface area contributed by atoms with Crippen LogP contribution in [0.3, 0.4) is 0 Å². The van der Waals surface area contributed by atoms with Gasteiger partial charge in [0, 0.05) is 24.0 Å². The molecule has 0 aliphatic carbocycles. The number of hydrogen-bond acceptors (Lipinski definition) is 3. The predicted octanol–water partition coefficient (Wildman–Crippen LogP) is 3.59. The molecule has 1 heterocycles. The number of hydrogen-bond donors (Lipinski definition) is 1. The Labute approximate surface area is 145 Å². The average Bonchev–Trinajstić information content (AvgIpc) is 2.59. The largest absolute Gasteiger partial charge is 0.457 e. The van der Waals surface area contributed by atoms with Crippen LogP contribution >= 0.6 is 0 Å². The minimum atomic E-state index is -0.275. The van der Waals surface area contributed by atoms with Crippen molar-refractivity contribution in [1.29, 1.82) is 0 Å². The van der Waals surface area contributed by atoms with E-state index in [1.165, 1.54) is 10.6 Å². The number of aromatic nitrogens is 1. The number of aryl methyl sites for hydroxylation is 1. The van der Waals surface area contributed by atoms with Gasteiger partial charge in [0.05, 0.1) is 0 Å². The highest BCUT2D eigenvalue weighted by molar-refractivity contribution is 5.90. The molecule has 0 fully saturated rings. The summed E-state index contributed by atoms with van der Waals surface area (Å²) in [7, 11) is 0. The van der Waals surface area contributed by atoms with Crippen molar-refractivity contribution in [3.05, 3.63) is 88.8 Å². The third kappa shape index (κ3) is 4.57. The zero-order valence-electron chi connectivity index (χ0n) is 13.8. The minimum Gasteiger partial charge on any atom is -0.457 e. The number of para-hydroxylation sites is 1. The van der Waals surface area contributed by atoms with E-state index in [9.17, 15) is 9.59 Å². The fraction of sp³-hybridized carbons (Fsp3) is 0.100. The molecule has 25 heavy (non-hydrogen) atoms. The number of nitrogens with one attached hydrogen (secondary N) is 1. The molecule has 5 heteroatoms. The quantitative estimate of drug-likeness (QED) is 0.776. The maximum Gasteiger partial charge on any atom is 0.251 e. The van der Waals surface area contributed by atoms with Crippen LogP contribution in [-0.2, 0) is 11.3 Å². The number of carbonyl (C=O) groups excluding carboxylic acids is 1. The van der Waals surface area contributed by atoms with E-state index >= 15 is 0 Å². The molecule has 0 aliphatic heterocycles. The van der Waals surface area contributed by atoms with Crippen molar-refractivity contribution in [1.82, 2.24) is 4.57 Å². The fourth-order valence-corrected chi connectivity index (χ4v) is 2.35. The predicted molar refractivity (Wildman–Crippen MR) is 97.0 cm³/mol. The summed E-state index contributed by atoms with van der Waals surface area (Å²) >= 11 is 0. The van der Waals surface area contributed by atoms with Crippen LogP contribution in [0.4, 0.5) is 5.69 Å². The molecule has 5 nitrogen and oxygen atoms in total. The number of amides is 1. The second-order valence-electron chi connectivity index (χ2n) is 5.66. The molecule has 1 amide bonds. The summed E-state index contributed by atoms with van der Waals surface area (Å²) in [6, 6.07) is 19.8. The van der Waals surface area contributed by atoms with E-state index in [4.69, 9.17) is 4.74 Å². The maximum absolute atomic E-state index is 12.2. The highest BCUT2D eigenvalue weighted by atomic mass is 16.5. The van der Waals surface area contributed by atoms with Crippen molar-refractivity contribution in [3.8, 4) is 11.5 Å². The van der Waals surface area contributed by atoms with Crippen LogP contribution in [0.15, 0.2) is 77.7 Å². The molecule has 0 saturated heterocycles. The Balaban J connectivity index is 1.67. The summed E-state index contributed by atoms with van der Waals surface area (Å²) in [5, 5.41) is 2.78. The van der Waals surface area contributed by atoms with Crippen LogP contribution in [0.2, 0.25) is 0 Å². The van der Waals surface area contributed by atoms with Gasteiger partial charge in [-0.15, -0.1) is 0 Å². The van der Waals surface area contributed by atoms with Crippen LogP contribution < -0.4 is 15.6 Å². The zero-order chi connectivity index (χ0) is 17.6. The Bertz CT molecular complexity index is 933. The molecule has 0 saturated carbocycles. The van der Waals surface area contributed by atoms with Crippen molar-refractivity contribution < 1.29 is 9.53 Å². The lowest BCUT2D eigenvalue weighted by molar-refractivity contribution is -0.116. The van der Waals surface area contributed by atoms with E-state index in [1.807, 2.05) is 43.3 Å². The molecule has 3 aromatic rings. The number of benzene rings is 2. The van der Waals surface area contributed by atoms with E-state index in [-0.39, 0.29) is 18.0 Å². The average molecular weight is 334 g/mol. The Morgan fingerprint density at radius 2 is 1.76 bits per heavy atom.